The third-order valence-corrected chi connectivity index (χ3v) is 5.45. The van der Waals surface area contributed by atoms with Crippen LogP contribution in [0.1, 0.15) is 29.7 Å². The molecule has 0 aliphatic rings. The van der Waals surface area contributed by atoms with E-state index in [4.69, 9.17) is 16.3 Å². The second kappa shape index (κ2) is 8.27. The number of esters is 1. The van der Waals surface area contributed by atoms with Gasteiger partial charge in [-0.25, -0.2) is 4.79 Å². The summed E-state index contributed by atoms with van der Waals surface area (Å²) in [6.07, 6.45) is 0. The molecular weight excluding hydrogens is 394 g/mol. The first-order valence-electron chi connectivity index (χ1n) is 7.43. The quantitative estimate of drug-likeness (QED) is 0.474. The molecule has 0 spiro atoms. The Morgan fingerprint density at radius 2 is 1.77 bits per heavy atom. The average Bonchev–Trinajstić information content (AvgIpc) is 3.31. The minimum absolute atomic E-state index is 0.212. The fourth-order valence-corrected chi connectivity index (χ4v) is 3.63. The maximum Gasteiger partial charge on any atom is 0.338 e. The molecule has 0 fully saturated rings. The zero-order valence-electron chi connectivity index (χ0n) is 13.2. The summed E-state index contributed by atoms with van der Waals surface area (Å²) in [5.74, 6) is -1.14. The van der Waals surface area contributed by atoms with E-state index < -0.39 is 5.97 Å². The van der Waals surface area contributed by atoms with Crippen LogP contribution in [0.3, 0.4) is 0 Å². The molecule has 26 heavy (non-hydrogen) atoms. The van der Waals surface area contributed by atoms with Gasteiger partial charge in [0, 0.05) is 5.69 Å². The molecular formula is C18H12ClNO4S2. The second-order valence-electron chi connectivity index (χ2n) is 5.11. The molecule has 2 heterocycles. The largest absolute Gasteiger partial charge is 0.454 e. The van der Waals surface area contributed by atoms with Crippen LogP contribution >= 0.6 is 34.3 Å². The first-order valence-corrected chi connectivity index (χ1v) is 9.51. The predicted octanol–water partition coefficient (Wildman–Crippen LogP) is 4.76. The van der Waals surface area contributed by atoms with Gasteiger partial charge in [-0.05, 0) is 47.8 Å². The number of thiophene rings is 2. The molecule has 0 atom stereocenters. The van der Waals surface area contributed by atoms with Crippen LogP contribution in [0, 0.1) is 0 Å². The zero-order valence-corrected chi connectivity index (χ0v) is 15.6. The van der Waals surface area contributed by atoms with Crippen LogP contribution < -0.4 is 5.32 Å². The Kier molecular flexibility index (Phi) is 5.82. The Hall–Kier alpha value is -2.48. The van der Waals surface area contributed by atoms with Gasteiger partial charge in [0.25, 0.3) is 5.91 Å². The van der Waals surface area contributed by atoms with Crippen molar-refractivity contribution in [3.05, 3.63) is 73.6 Å². The lowest BCUT2D eigenvalue weighted by molar-refractivity contribution is 0.0476. The molecule has 2 aromatic heterocycles. The number of nitrogens with one attached hydrogen (secondary N) is 1. The summed E-state index contributed by atoms with van der Waals surface area (Å²) in [5, 5.41) is 4.56. The van der Waals surface area contributed by atoms with Crippen molar-refractivity contribution in [3.8, 4) is 0 Å². The normalized spacial score (nSPS) is 10.3. The van der Waals surface area contributed by atoms with E-state index in [1.807, 2.05) is 5.38 Å². The SMILES string of the molecule is O=C(OCC(=O)c1ccc(Cl)s1)c1ccc(NC(=O)c2cccs2)cc1. The minimum atomic E-state index is -0.614. The lowest BCUT2D eigenvalue weighted by atomic mass is 10.2. The Morgan fingerprint density at radius 1 is 1.00 bits per heavy atom. The number of anilines is 1. The van der Waals surface area contributed by atoms with E-state index in [9.17, 15) is 14.4 Å². The number of Topliss-reactive ketones (excluding diaryl/α,β-unsaturated/α-hetero) is 1. The Bertz CT molecular complexity index is 933. The summed E-state index contributed by atoms with van der Waals surface area (Å²) in [6.45, 7) is -0.355. The third kappa shape index (κ3) is 4.57. The molecule has 0 radical (unpaired) electrons. The summed E-state index contributed by atoms with van der Waals surface area (Å²) in [5.41, 5.74) is 0.848. The van der Waals surface area contributed by atoms with Gasteiger partial charge >= 0.3 is 5.97 Å². The van der Waals surface area contributed by atoms with E-state index in [2.05, 4.69) is 5.32 Å². The molecule has 1 amide bonds. The summed E-state index contributed by atoms with van der Waals surface area (Å²) in [4.78, 5) is 36.9. The molecule has 1 aromatic carbocycles. The van der Waals surface area contributed by atoms with Crippen LogP contribution in [0.25, 0.3) is 0 Å². The van der Waals surface area contributed by atoms with Gasteiger partial charge in [-0.15, -0.1) is 22.7 Å². The van der Waals surface area contributed by atoms with Crippen molar-refractivity contribution in [3.63, 3.8) is 0 Å². The molecule has 0 aliphatic carbocycles. The zero-order chi connectivity index (χ0) is 18.5. The average molecular weight is 406 g/mol. The van der Waals surface area contributed by atoms with Gasteiger partial charge in [-0.2, -0.15) is 0 Å². The highest BCUT2D eigenvalue weighted by Gasteiger charge is 2.14. The molecule has 0 saturated carbocycles. The van der Waals surface area contributed by atoms with E-state index >= 15 is 0 Å². The number of carbonyl (C=O) groups excluding carboxylic acids is 3. The van der Waals surface area contributed by atoms with E-state index in [0.717, 1.165) is 11.3 Å². The van der Waals surface area contributed by atoms with Crippen molar-refractivity contribution in [2.75, 3.05) is 11.9 Å². The summed E-state index contributed by atoms with van der Waals surface area (Å²) >= 11 is 8.25. The van der Waals surface area contributed by atoms with Crippen LogP contribution in [0.15, 0.2) is 53.9 Å². The number of ether oxygens (including phenoxy) is 1. The van der Waals surface area contributed by atoms with Gasteiger partial charge in [0.15, 0.2) is 6.61 Å². The Morgan fingerprint density at radius 3 is 2.38 bits per heavy atom. The number of benzene rings is 1. The highest BCUT2D eigenvalue weighted by Crippen LogP contribution is 2.22. The summed E-state index contributed by atoms with van der Waals surface area (Å²) in [6, 6.07) is 13.0. The maximum atomic E-state index is 12.0. The van der Waals surface area contributed by atoms with Crippen molar-refractivity contribution >= 4 is 57.6 Å². The monoisotopic (exact) mass is 405 g/mol. The molecule has 0 aliphatic heterocycles. The maximum absolute atomic E-state index is 12.0. The van der Waals surface area contributed by atoms with Crippen LogP contribution in [-0.4, -0.2) is 24.3 Å². The molecule has 132 valence electrons. The van der Waals surface area contributed by atoms with Crippen LogP contribution in [0.5, 0.6) is 0 Å². The van der Waals surface area contributed by atoms with Gasteiger partial charge in [0.05, 0.1) is 19.7 Å². The predicted molar refractivity (Wildman–Crippen MR) is 103 cm³/mol. The van der Waals surface area contributed by atoms with E-state index in [1.54, 1.807) is 36.4 Å². The van der Waals surface area contributed by atoms with E-state index in [1.165, 1.54) is 23.5 Å². The minimum Gasteiger partial charge on any atom is -0.454 e. The molecule has 8 heteroatoms. The van der Waals surface area contributed by atoms with Crippen LogP contribution in [-0.2, 0) is 4.74 Å². The molecule has 0 bridgehead atoms. The van der Waals surface area contributed by atoms with Crippen molar-refractivity contribution in [2.24, 2.45) is 0 Å². The third-order valence-electron chi connectivity index (χ3n) is 3.31. The first-order chi connectivity index (χ1) is 12.5. The van der Waals surface area contributed by atoms with Gasteiger partial charge in [-0.1, -0.05) is 17.7 Å². The van der Waals surface area contributed by atoms with Crippen molar-refractivity contribution < 1.29 is 19.1 Å². The van der Waals surface area contributed by atoms with Crippen molar-refractivity contribution in [1.82, 2.24) is 0 Å². The fraction of sp³-hybridized carbons (Fsp3) is 0.0556. The standard InChI is InChI=1S/C18H12ClNO4S2/c19-16-8-7-14(26-16)13(21)10-24-18(23)11-3-5-12(6-4-11)20-17(22)15-2-1-9-25-15/h1-9H,10H2,(H,20,22). The fourth-order valence-electron chi connectivity index (χ4n) is 2.04. The summed E-state index contributed by atoms with van der Waals surface area (Å²) in [7, 11) is 0. The number of amides is 1. The molecule has 5 nitrogen and oxygen atoms in total. The van der Waals surface area contributed by atoms with Crippen molar-refractivity contribution in [1.29, 1.82) is 0 Å². The highest BCUT2D eigenvalue weighted by molar-refractivity contribution is 7.18. The number of halogens is 1. The molecule has 3 rings (SSSR count). The number of hydrogen-bond donors (Lipinski definition) is 1. The second-order valence-corrected chi connectivity index (χ2v) is 7.77. The topological polar surface area (TPSA) is 72.5 Å². The van der Waals surface area contributed by atoms with Crippen LogP contribution in [0.4, 0.5) is 5.69 Å². The van der Waals surface area contributed by atoms with Crippen LogP contribution in [0.2, 0.25) is 4.34 Å². The van der Waals surface area contributed by atoms with E-state index in [0.29, 0.717) is 19.8 Å². The van der Waals surface area contributed by atoms with Gasteiger partial charge in [0.2, 0.25) is 5.78 Å². The first kappa shape index (κ1) is 18.3. The van der Waals surface area contributed by atoms with Gasteiger partial charge in [0.1, 0.15) is 0 Å². The number of hydrogen-bond acceptors (Lipinski definition) is 6. The van der Waals surface area contributed by atoms with E-state index in [-0.39, 0.29) is 23.9 Å². The highest BCUT2D eigenvalue weighted by atomic mass is 35.5. The van der Waals surface area contributed by atoms with Crippen molar-refractivity contribution in [2.45, 2.75) is 0 Å². The number of rotatable bonds is 6. The van der Waals surface area contributed by atoms with Gasteiger partial charge in [-0.3, -0.25) is 9.59 Å². The number of carbonyl (C=O) groups is 3. The van der Waals surface area contributed by atoms with Gasteiger partial charge < -0.3 is 10.1 Å². The Labute approximate surface area is 162 Å². The Balaban J connectivity index is 1.55. The molecule has 0 unspecified atom stereocenters. The summed E-state index contributed by atoms with van der Waals surface area (Å²) < 4.78 is 5.52. The number of ketones is 1. The molecule has 0 saturated heterocycles. The smallest absolute Gasteiger partial charge is 0.338 e. The lowest BCUT2D eigenvalue weighted by Gasteiger charge is -2.06. The molecule has 1 N–H and O–H groups in total. The molecule has 3 aromatic rings. The lowest BCUT2D eigenvalue weighted by Crippen LogP contribution is -2.14.